The van der Waals surface area contributed by atoms with Crippen molar-refractivity contribution in [2.24, 2.45) is 0 Å². The number of rotatable bonds is 3. The van der Waals surface area contributed by atoms with Crippen LogP contribution in [0.15, 0.2) is 70.6 Å². The van der Waals surface area contributed by atoms with Gasteiger partial charge in [-0.1, -0.05) is 42.1 Å². The lowest BCUT2D eigenvalue weighted by Gasteiger charge is -2.06. The average Bonchev–Trinajstić information content (AvgIpc) is 2.48. The molecule has 2 aromatic carbocycles. The number of aromatic nitrogens is 1. The van der Waals surface area contributed by atoms with Gasteiger partial charge in [-0.05, 0) is 31.2 Å². The van der Waals surface area contributed by atoms with Crippen molar-refractivity contribution < 1.29 is 4.79 Å². The van der Waals surface area contributed by atoms with Crippen LogP contribution in [0.2, 0.25) is 0 Å². The fourth-order valence-electron chi connectivity index (χ4n) is 2.04. The number of benzene rings is 2. The molecule has 1 aromatic heterocycles. The van der Waals surface area contributed by atoms with Crippen molar-refractivity contribution in [1.29, 1.82) is 0 Å². The summed E-state index contributed by atoms with van der Waals surface area (Å²) in [7, 11) is 0. The Bertz CT molecular complexity index is 760. The highest BCUT2D eigenvalue weighted by Gasteiger charge is 2.04. The fourth-order valence-corrected chi connectivity index (χ4v) is 2.98. The van der Waals surface area contributed by atoms with Gasteiger partial charge in [0.1, 0.15) is 0 Å². The molecular formula is C17H13NOS. The van der Waals surface area contributed by atoms with E-state index in [1.54, 1.807) is 18.7 Å². The van der Waals surface area contributed by atoms with Crippen molar-refractivity contribution in [2.45, 2.75) is 16.7 Å². The van der Waals surface area contributed by atoms with Crippen LogP contribution < -0.4 is 0 Å². The third kappa shape index (κ3) is 2.58. The van der Waals surface area contributed by atoms with Gasteiger partial charge in [0, 0.05) is 26.9 Å². The minimum Gasteiger partial charge on any atom is -0.295 e. The summed E-state index contributed by atoms with van der Waals surface area (Å²) in [6, 6.07) is 17.8. The molecule has 0 N–H and O–H groups in total. The first-order valence-corrected chi connectivity index (χ1v) is 7.18. The van der Waals surface area contributed by atoms with Crippen LogP contribution in [0.25, 0.3) is 10.9 Å². The molecule has 0 aliphatic heterocycles. The van der Waals surface area contributed by atoms with E-state index in [2.05, 4.69) is 11.1 Å². The molecule has 0 aliphatic rings. The number of fused-ring (bicyclic) bond motifs is 1. The number of hydrogen-bond acceptors (Lipinski definition) is 3. The molecule has 2 nitrogen and oxygen atoms in total. The minimum absolute atomic E-state index is 0.0934. The van der Waals surface area contributed by atoms with Crippen LogP contribution in [-0.2, 0) is 0 Å². The van der Waals surface area contributed by atoms with Gasteiger partial charge in [0.2, 0.25) is 0 Å². The third-order valence-electron chi connectivity index (χ3n) is 3.10. The first-order chi connectivity index (χ1) is 9.74. The number of nitrogens with zero attached hydrogens (tertiary/aromatic N) is 1. The highest BCUT2D eigenvalue weighted by Crippen LogP contribution is 2.32. The second-order valence-electron chi connectivity index (χ2n) is 4.51. The predicted molar refractivity (Wildman–Crippen MR) is 82.3 cm³/mol. The van der Waals surface area contributed by atoms with Crippen molar-refractivity contribution in [1.82, 2.24) is 4.98 Å². The Kier molecular flexibility index (Phi) is 3.52. The van der Waals surface area contributed by atoms with Gasteiger partial charge in [0.15, 0.2) is 5.78 Å². The van der Waals surface area contributed by atoms with E-state index in [1.165, 1.54) is 4.90 Å². The minimum atomic E-state index is 0.0934. The van der Waals surface area contributed by atoms with Crippen molar-refractivity contribution in [3.05, 3.63) is 66.4 Å². The monoisotopic (exact) mass is 279 g/mol. The summed E-state index contributed by atoms with van der Waals surface area (Å²) >= 11 is 1.69. The van der Waals surface area contributed by atoms with E-state index in [4.69, 9.17) is 0 Å². The van der Waals surface area contributed by atoms with Crippen LogP contribution in [0.1, 0.15) is 17.3 Å². The molecular weight excluding hydrogens is 266 g/mol. The SMILES string of the molecule is CC(=O)c1ccc(Sc2ccnc3ccccc23)cc1. The molecule has 0 atom stereocenters. The van der Waals surface area contributed by atoms with Crippen LogP contribution in [0, 0.1) is 0 Å². The van der Waals surface area contributed by atoms with Crippen molar-refractivity contribution in [2.75, 3.05) is 0 Å². The summed E-state index contributed by atoms with van der Waals surface area (Å²) in [5.41, 5.74) is 1.74. The lowest BCUT2D eigenvalue weighted by molar-refractivity contribution is 0.101. The molecule has 1 heterocycles. The number of Topliss-reactive ketones (excluding diaryl/α,β-unsaturated/α-hetero) is 1. The predicted octanol–water partition coefficient (Wildman–Crippen LogP) is 4.59. The maximum absolute atomic E-state index is 11.3. The number of carbonyl (C=O) groups is 1. The zero-order chi connectivity index (χ0) is 13.9. The van der Waals surface area contributed by atoms with Gasteiger partial charge >= 0.3 is 0 Å². The average molecular weight is 279 g/mol. The van der Waals surface area contributed by atoms with Crippen LogP contribution in [0.4, 0.5) is 0 Å². The van der Waals surface area contributed by atoms with Gasteiger partial charge in [-0.2, -0.15) is 0 Å². The van der Waals surface area contributed by atoms with Crippen LogP contribution in [-0.4, -0.2) is 10.8 Å². The maximum atomic E-state index is 11.3. The van der Waals surface area contributed by atoms with Gasteiger partial charge in [0.25, 0.3) is 0 Å². The Hall–Kier alpha value is -2.13. The van der Waals surface area contributed by atoms with Gasteiger partial charge in [-0.15, -0.1) is 0 Å². The molecule has 0 aliphatic carbocycles. The first kappa shape index (κ1) is 12.9. The molecule has 3 rings (SSSR count). The van der Waals surface area contributed by atoms with E-state index in [0.29, 0.717) is 0 Å². The lowest BCUT2D eigenvalue weighted by Crippen LogP contribution is -1.90. The summed E-state index contributed by atoms with van der Waals surface area (Å²) in [5.74, 6) is 0.0934. The largest absolute Gasteiger partial charge is 0.295 e. The molecule has 0 amide bonds. The maximum Gasteiger partial charge on any atom is 0.159 e. The Balaban J connectivity index is 1.95. The van der Waals surface area contributed by atoms with Gasteiger partial charge in [-0.3, -0.25) is 9.78 Å². The zero-order valence-electron chi connectivity index (χ0n) is 11.0. The zero-order valence-corrected chi connectivity index (χ0v) is 11.9. The summed E-state index contributed by atoms with van der Waals surface area (Å²) in [6.07, 6.45) is 1.83. The molecule has 0 unspecified atom stereocenters. The molecule has 20 heavy (non-hydrogen) atoms. The quantitative estimate of drug-likeness (QED) is 0.657. The van der Waals surface area contributed by atoms with Gasteiger partial charge in [-0.25, -0.2) is 0 Å². The van der Waals surface area contributed by atoms with Crippen molar-refractivity contribution >= 4 is 28.4 Å². The summed E-state index contributed by atoms with van der Waals surface area (Å²) < 4.78 is 0. The molecule has 98 valence electrons. The molecule has 0 saturated carbocycles. The standard InChI is InChI=1S/C17H13NOS/c1-12(19)13-6-8-14(9-7-13)20-17-10-11-18-16-5-3-2-4-15(16)17/h2-11H,1H3. The highest BCUT2D eigenvalue weighted by molar-refractivity contribution is 7.99. The number of pyridine rings is 1. The summed E-state index contributed by atoms with van der Waals surface area (Å²) in [5, 5.41) is 1.15. The smallest absolute Gasteiger partial charge is 0.159 e. The van der Waals surface area contributed by atoms with E-state index in [-0.39, 0.29) is 5.78 Å². The lowest BCUT2D eigenvalue weighted by atomic mass is 10.2. The molecule has 3 heteroatoms. The second kappa shape index (κ2) is 5.47. The third-order valence-corrected chi connectivity index (χ3v) is 4.18. The molecule has 3 aromatic rings. The topological polar surface area (TPSA) is 30.0 Å². The summed E-state index contributed by atoms with van der Waals surface area (Å²) in [4.78, 5) is 17.9. The van der Waals surface area contributed by atoms with Crippen LogP contribution >= 0.6 is 11.8 Å². The Morgan fingerprint density at radius 1 is 1.00 bits per heavy atom. The second-order valence-corrected chi connectivity index (χ2v) is 5.62. The first-order valence-electron chi connectivity index (χ1n) is 6.36. The molecule has 0 radical (unpaired) electrons. The van der Waals surface area contributed by atoms with E-state index in [9.17, 15) is 4.79 Å². The molecule has 0 bridgehead atoms. The molecule has 0 fully saturated rings. The van der Waals surface area contributed by atoms with E-state index in [1.807, 2.05) is 54.7 Å². The summed E-state index contributed by atoms with van der Waals surface area (Å²) in [6.45, 7) is 1.58. The fraction of sp³-hybridized carbons (Fsp3) is 0.0588. The number of ketones is 1. The number of hydrogen-bond donors (Lipinski definition) is 0. The Morgan fingerprint density at radius 3 is 2.50 bits per heavy atom. The number of para-hydroxylation sites is 1. The Labute approximate surface area is 121 Å². The molecule has 0 saturated heterocycles. The van der Waals surface area contributed by atoms with Crippen molar-refractivity contribution in [3.8, 4) is 0 Å². The van der Waals surface area contributed by atoms with Gasteiger partial charge < -0.3 is 0 Å². The van der Waals surface area contributed by atoms with E-state index in [0.717, 1.165) is 21.4 Å². The Morgan fingerprint density at radius 2 is 1.75 bits per heavy atom. The van der Waals surface area contributed by atoms with Crippen LogP contribution in [0.3, 0.4) is 0 Å². The van der Waals surface area contributed by atoms with Crippen molar-refractivity contribution in [3.63, 3.8) is 0 Å². The van der Waals surface area contributed by atoms with Gasteiger partial charge in [0.05, 0.1) is 5.52 Å². The molecule has 0 spiro atoms. The number of carbonyl (C=O) groups excluding carboxylic acids is 1. The van der Waals surface area contributed by atoms with E-state index >= 15 is 0 Å². The highest BCUT2D eigenvalue weighted by atomic mass is 32.2. The van der Waals surface area contributed by atoms with Crippen LogP contribution in [0.5, 0.6) is 0 Å². The van der Waals surface area contributed by atoms with E-state index < -0.39 is 0 Å². The normalized spacial score (nSPS) is 10.7.